The number of benzene rings is 2. The number of hydrogen-bond donors (Lipinski definition) is 1. The molecule has 0 radical (unpaired) electrons. The molecule has 0 spiro atoms. The standard InChI is InChI=1S/C19H17BrFNO/c1-23-17-9-8-11(20)10-15(17)18-13-5-2-4-12(13)14-6-3-7-16(21)19(14)22-18/h2-4,6-10,12-13,18,22H,5H2,1H3/t12-,13-,18-/m1/s1. The van der Waals surface area contributed by atoms with Crippen molar-refractivity contribution in [3.63, 3.8) is 0 Å². The van der Waals surface area contributed by atoms with Gasteiger partial charge in [0.25, 0.3) is 0 Å². The minimum atomic E-state index is -0.194. The van der Waals surface area contributed by atoms with Crippen LogP contribution in [-0.4, -0.2) is 7.11 Å². The summed E-state index contributed by atoms with van der Waals surface area (Å²) in [7, 11) is 1.68. The van der Waals surface area contributed by atoms with Crippen LogP contribution < -0.4 is 10.1 Å². The number of anilines is 1. The number of allylic oxidation sites excluding steroid dienone is 2. The number of ether oxygens (including phenoxy) is 1. The van der Waals surface area contributed by atoms with Crippen LogP contribution in [0.15, 0.2) is 53.0 Å². The number of fused-ring (bicyclic) bond motifs is 3. The lowest BCUT2D eigenvalue weighted by Crippen LogP contribution is -2.30. The van der Waals surface area contributed by atoms with Gasteiger partial charge in [-0.1, -0.05) is 40.2 Å². The molecule has 1 aliphatic carbocycles. The number of halogens is 2. The van der Waals surface area contributed by atoms with Crippen LogP contribution in [-0.2, 0) is 0 Å². The molecule has 4 heteroatoms. The second kappa shape index (κ2) is 5.68. The molecule has 1 aliphatic heterocycles. The van der Waals surface area contributed by atoms with Crippen LogP contribution in [0.25, 0.3) is 0 Å². The Hall–Kier alpha value is -1.81. The van der Waals surface area contributed by atoms with Gasteiger partial charge in [-0.2, -0.15) is 0 Å². The molecule has 118 valence electrons. The summed E-state index contributed by atoms with van der Waals surface area (Å²) in [5.41, 5.74) is 2.73. The fourth-order valence-corrected chi connectivity index (χ4v) is 4.22. The third kappa shape index (κ3) is 2.36. The van der Waals surface area contributed by atoms with Gasteiger partial charge in [0.15, 0.2) is 0 Å². The van der Waals surface area contributed by atoms with Gasteiger partial charge in [0.1, 0.15) is 11.6 Å². The summed E-state index contributed by atoms with van der Waals surface area (Å²) in [5.74, 6) is 1.25. The average molecular weight is 374 g/mol. The van der Waals surface area contributed by atoms with Gasteiger partial charge in [0.05, 0.1) is 18.8 Å². The number of rotatable bonds is 2. The van der Waals surface area contributed by atoms with E-state index in [9.17, 15) is 4.39 Å². The van der Waals surface area contributed by atoms with Gasteiger partial charge in [0.2, 0.25) is 0 Å². The van der Waals surface area contributed by atoms with Crippen LogP contribution >= 0.6 is 15.9 Å². The molecule has 2 aromatic carbocycles. The highest BCUT2D eigenvalue weighted by molar-refractivity contribution is 9.10. The summed E-state index contributed by atoms with van der Waals surface area (Å²) in [5, 5.41) is 3.44. The van der Waals surface area contributed by atoms with E-state index >= 15 is 0 Å². The highest BCUT2D eigenvalue weighted by Crippen LogP contribution is 2.51. The molecule has 4 rings (SSSR count). The third-order valence-electron chi connectivity index (χ3n) is 4.87. The van der Waals surface area contributed by atoms with Crippen molar-refractivity contribution >= 4 is 21.6 Å². The van der Waals surface area contributed by atoms with E-state index in [0.717, 1.165) is 27.8 Å². The largest absolute Gasteiger partial charge is 0.496 e. The van der Waals surface area contributed by atoms with Crippen LogP contribution in [0.2, 0.25) is 0 Å². The summed E-state index contributed by atoms with van der Waals surface area (Å²) in [4.78, 5) is 0. The zero-order valence-corrected chi connectivity index (χ0v) is 14.3. The molecule has 2 nitrogen and oxygen atoms in total. The van der Waals surface area contributed by atoms with E-state index in [1.807, 2.05) is 18.2 Å². The predicted molar refractivity (Wildman–Crippen MR) is 93.4 cm³/mol. The second-order valence-corrected chi connectivity index (χ2v) is 6.98. The lowest BCUT2D eigenvalue weighted by molar-refractivity contribution is 0.379. The summed E-state index contributed by atoms with van der Waals surface area (Å²) < 4.78 is 20.9. The molecule has 0 saturated carbocycles. The van der Waals surface area contributed by atoms with Gasteiger partial charge < -0.3 is 10.1 Å². The summed E-state index contributed by atoms with van der Waals surface area (Å²) >= 11 is 3.54. The van der Waals surface area contributed by atoms with Gasteiger partial charge in [-0.05, 0) is 42.2 Å². The van der Waals surface area contributed by atoms with Crippen molar-refractivity contribution in [3.8, 4) is 5.75 Å². The normalized spacial score (nSPS) is 24.7. The molecule has 2 aliphatic rings. The molecule has 1 N–H and O–H groups in total. The average Bonchev–Trinajstić information content (AvgIpc) is 3.04. The van der Waals surface area contributed by atoms with Crippen LogP contribution in [0, 0.1) is 11.7 Å². The van der Waals surface area contributed by atoms with Crippen LogP contribution in [0.4, 0.5) is 10.1 Å². The maximum atomic E-state index is 14.4. The lowest BCUT2D eigenvalue weighted by Gasteiger charge is -2.38. The van der Waals surface area contributed by atoms with Crippen molar-refractivity contribution in [2.45, 2.75) is 18.4 Å². The van der Waals surface area contributed by atoms with E-state index < -0.39 is 0 Å². The van der Waals surface area contributed by atoms with Crippen LogP contribution in [0.1, 0.15) is 29.5 Å². The number of hydrogen-bond acceptors (Lipinski definition) is 2. The molecule has 2 aromatic rings. The SMILES string of the molecule is COc1ccc(Br)cc1[C@@H]1Nc2c(F)cccc2[C@@H]2C=CC[C@H]21. The van der Waals surface area contributed by atoms with Crippen molar-refractivity contribution in [1.82, 2.24) is 0 Å². The van der Waals surface area contributed by atoms with Crippen molar-refractivity contribution in [2.24, 2.45) is 5.92 Å². The van der Waals surface area contributed by atoms with E-state index in [2.05, 4.69) is 39.5 Å². The number of methoxy groups -OCH3 is 1. The van der Waals surface area contributed by atoms with E-state index in [1.54, 1.807) is 13.2 Å². The third-order valence-corrected chi connectivity index (χ3v) is 5.37. The number of nitrogens with one attached hydrogen (secondary N) is 1. The Morgan fingerprint density at radius 1 is 1.22 bits per heavy atom. The number of para-hydroxylation sites is 1. The predicted octanol–water partition coefficient (Wildman–Crippen LogP) is 5.42. The Kier molecular flexibility index (Phi) is 3.64. The highest BCUT2D eigenvalue weighted by atomic mass is 79.9. The first kappa shape index (κ1) is 14.8. The van der Waals surface area contributed by atoms with Gasteiger partial charge in [-0.3, -0.25) is 0 Å². The maximum Gasteiger partial charge on any atom is 0.146 e. The zero-order chi connectivity index (χ0) is 16.0. The fraction of sp³-hybridized carbons (Fsp3) is 0.263. The molecule has 0 fully saturated rings. The first-order valence-corrected chi connectivity index (χ1v) is 8.53. The molecule has 0 unspecified atom stereocenters. The van der Waals surface area contributed by atoms with Gasteiger partial charge >= 0.3 is 0 Å². The first-order valence-electron chi connectivity index (χ1n) is 7.74. The Morgan fingerprint density at radius 3 is 2.91 bits per heavy atom. The molecule has 3 atom stereocenters. The molecule has 23 heavy (non-hydrogen) atoms. The zero-order valence-electron chi connectivity index (χ0n) is 12.7. The summed E-state index contributed by atoms with van der Waals surface area (Å²) in [6.07, 6.45) is 5.39. The summed E-state index contributed by atoms with van der Waals surface area (Å²) in [6.45, 7) is 0. The van der Waals surface area contributed by atoms with Crippen LogP contribution in [0.5, 0.6) is 5.75 Å². The van der Waals surface area contributed by atoms with Gasteiger partial charge in [-0.25, -0.2) is 4.39 Å². The maximum absolute atomic E-state index is 14.4. The highest BCUT2D eigenvalue weighted by Gasteiger charge is 2.39. The van der Waals surface area contributed by atoms with Crippen LogP contribution in [0.3, 0.4) is 0 Å². The molecule has 0 bridgehead atoms. The van der Waals surface area contributed by atoms with Crippen molar-refractivity contribution in [3.05, 3.63) is 70.0 Å². The van der Waals surface area contributed by atoms with E-state index in [0.29, 0.717) is 11.6 Å². The van der Waals surface area contributed by atoms with E-state index in [1.165, 1.54) is 6.07 Å². The Labute approximate surface area is 143 Å². The molecule has 0 aromatic heterocycles. The molecule has 0 amide bonds. The second-order valence-electron chi connectivity index (χ2n) is 6.07. The summed E-state index contributed by atoms with van der Waals surface area (Å²) in [6, 6.07) is 11.3. The minimum absolute atomic E-state index is 0.0202. The van der Waals surface area contributed by atoms with E-state index in [4.69, 9.17) is 4.74 Å². The van der Waals surface area contributed by atoms with E-state index in [-0.39, 0.29) is 17.8 Å². The lowest BCUT2D eigenvalue weighted by atomic mass is 9.77. The fourth-order valence-electron chi connectivity index (χ4n) is 3.84. The smallest absolute Gasteiger partial charge is 0.146 e. The minimum Gasteiger partial charge on any atom is -0.496 e. The van der Waals surface area contributed by atoms with Crippen molar-refractivity contribution < 1.29 is 9.13 Å². The molecule has 1 heterocycles. The first-order chi connectivity index (χ1) is 11.2. The molecule has 0 saturated heterocycles. The van der Waals surface area contributed by atoms with Gasteiger partial charge in [-0.15, -0.1) is 0 Å². The topological polar surface area (TPSA) is 21.3 Å². The Bertz CT molecular complexity index is 789. The molecular formula is C19H17BrFNO. The van der Waals surface area contributed by atoms with Crippen molar-refractivity contribution in [1.29, 1.82) is 0 Å². The van der Waals surface area contributed by atoms with Gasteiger partial charge in [0, 0.05) is 16.0 Å². The quantitative estimate of drug-likeness (QED) is 0.709. The monoisotopic (exact) mass is 373 g/mol. The van der Waals surface area contributed by atoms with Crippen molar-refractivity contribution in [2.75, 3.05) is 12.4 Å². The Balaban J connectivity index is 1.85. The molecular weight excluding hydrogens is 357 g/mol. The Morgan fingerprint density at radius 2 is 2.09 bits per heavy atom.